The predicted octanol–water partition coefficient (Wildman–Crippen LogP) is 5.84. The van der Waals surface area contributed by atoms with Gasteiger partial charge in [-0.15, -0.1) is 0 Å². The fourth-order valence-electron chi connectivity index (χ4n) is 4.00. The number of aromatic nitrogens is 1. The van der Waals surface area contributed by atoms with Gasteiger partial charge in [-0.25, -0.2) is 22.1 Å². The summed E-state index contributed by atoms with van der Waals surface area (Å²) in [6.45, 7) is -1.36. The zero-order valence-electron chi connectivity index (χ0n) is 23.8. The van der Waals surface area contributed by atoms with Gasteiger partial charge < -0.3 is 14.4 Å². The average molecular weight is 664 g/mol. The lowest BCUT2D eigenvalue weighted by Crippen LogP contribution is -2.44. The van der Waals surface area contributed by atoms with Crippen LogP contribution in [0, 0.1) is 0 Å². The Morgan fingerprint density at radius 2 is 1.42 bits per heavy atom. The number of hydrogen-bond donors (Lipinski definition) is 2. The number of rotatable bonds is 15. The lowest BCUT2D eigenvalue weighted by molar-refractivity contribution is -0.133. The first kappa shape index (κ1) is 33.7. The van der Waals surface area contributed by atoms with E-state index in [1.807, 2.05) is 5.32 Å². The number of para-hydroxylation sites is 2. The number of phosphoric acid groups is 1. The summed E-state index contributed by atoms with van der Waals surface area (Å²) in [7, 11) is -8.08. The summed E-state index contributed by atoms with van der Waals surface area (Å²) in [5, 5.41) is 1.91. The number of nitrogens with zero attached hydrogens (tertiary/aromatic N) is 1. The second-order valence-corrected chi connectivity index (χ2v) is 12.9. The van der Waals surface area contributed by atoms with Crippen molar-refractivity contribution in [2.75, 3.05) is 12.9 Å². The summed E-state index contributed by atoms with van der Waals surface area (Å²) >= 11 is 0. The first-order valence-corrected chi connectivity index (χ1v) is 16.7. The van der Waals surface area contributed by atoms with Gasteiger partial charge in [0.2, 0.25) is 10.0 Å². The van der Waals surface area contributed by atoms with Crippen molar-refractivity contribution in [2.45, 2.75) is 25.1 Å². The maximum atomic E-state index is 14.4. The van der Waals surface area contributed by atoms with Gasteiger partial charge in [-0.1, -0.05) is 66.7 Å². The third-order valence-electron chi connectivity index (χ3n) is 6.13. The Kier molecular flexibility index (Phi) is 11.3. The standard InChI is InChI=1S/C30H29F3N3O7PS/c1-45(39,40)35-20-24-17-16-23(19-34-24)21-12-14-22(15-13-21)28(27(18-31)36-30(37)29(32)33)43-44(38,41-25-8-4-2-5-9-25)42-26-10-6-3-7-11-26/h2-17,19,27-29,35H,18,20H2,1H3,(H,36,37)/t27-,28-/m1/s1. The minimum Gasteiger partial charge on any atom is -0.395 e. The van der Waals surface area contributed by atoms with Crippen LogP contribution in [0.3, 0.4) is 0 Å². The minimum atomic E-state index is -4.68. The van der Waals surface area contributed by atoms with E-state index in [4.69, 9.17) is 13.6 Å². The van der Waals surface area contributed by atoms with Gasteiger partial charge in [-0.3, -0.25) is 14.3 Å². The molecule has 0 aliphatic carbocycles. The molecule has 0 fully saturated rings. The zero-order chi connectivity index (χ0) is 32.5. The van der Waals surface area contributed by atoms with E-state index in [-0.39, 0.29) is 23.6 Å². The molecule has 45 heavy (non-hydrogen) atoms. The third kappa shape index (κ3) is 10.1. The lowest BCUT2D eigenvalue weighted by atomic mass is 9.99. The van der Waals surface area contributed by atoms with Gasteiger partial charge in [0.1, 0.15) is 24.3 Å². The van der Waals surface area contributed by atoms with Crippen LogP contribution in [0.2, 0.25) is 0 Å². The second kappa shape index (κ2) is 15.2. The van der Waals surface area contributed by atoms with Gasteiger partial charge in [0.05, 0.1) is 24.5 Å². The normalized spacial score (nSPS) is 13.2. The van der Waals surface area contributed by atoms with Gasteiger partial charge in [0, 0.05) is 11.8 Å². The molecule has 0 radical (unpaired) electrons. The van der Waals surface area contributed by atoms with E-state index in [0.717, 1.165) is 6.26 Å². The van der Waals surface area contributed by atoms with E-state index in [2.05, 4.69) is 9.71 Å². The van der Waals surface area contributed by atoms with Crippen LogP contribution in [0.25, 0.3) is 11.1 Å². The molecule has 0 aliphatic rings. The summed E-state index contributed by atoms with van der Waals surface area (Å²) in [5.41, 5.74) is 1.90. The molecule has 15 heteroatoms. The molecule has 0 unspecified atom stereocenters. The van der Waals surface area contributed by atoms with Crippen LogP contribution < -0.4 is 19.1 Å². The van der Waals surface area contributed by atoms with E-state index in [1.54, 1.807) is 60.7 Å². The number of pyridine rings is 1. The molecule has 4 rings (SSSR count). The van der Waals surface area contributed by atoms with E-state index in [9.17, 15) is 30.9 Å². The van der Waals surface area contributed by atoms with Crippen molar-refractivity contribution in [3.8, 4) is 22.6 Å². The van der Waals surface area contributed by atoms with Crippen molar-refractivity contribution in [2.24, 2.45) is 0 Å². The maximum Gasteiger partial charge on any atom is 0.588 e. The molecular formula is C30H29F3N3O7PS. The van der Waals surface area contributed by atoms with E-state index < -0.39 is 49.0 Å². The summed E-state index contributed by atoms with van der Waals surface area (Å²) in [6.07, 6.45) is -2.51. The Bertz CT molecular complexity index is 1660. The van der Waals surface area contributed by atoms with Crippen LogP contribution in [0.1, 0.15) is 17.4 Å². The highest BCUT2D eigenvalue weighted by molar-refractivity contribution is 7.88. The number of hydrogen-bond acceptors (Lipinski definition) is 8. The monoisotopic (exact) mass is 663 g/mol. The highest BCUT2D eigenvalue weighted by atomic mass is 32.2. The Morgan fingerprint density at radius 3 is 1.89 bits per heavy atom. The highest BCUT2D eigenvalue weighted by Crippen LogP contribution is 2.53. The minimum absolute atomic E-state index is 0.00217. The molecule has 10 nitrogen and oxygen atoms in total. The number of halogens is 3. The van der Waals surface area contributed by atoms with Crippen LogP contribution in [0.5, 0.6) is 11.5 Å². The Labute approximate surface area is 258 Å². The highest BCUT2D eigenvalue weighted by Gasteiger charge is 2.40. The smallest absolute Gasteiger partial charge is 0.395 e. The number of amides is 1. The van der Waals surface area contributed by atoms with Crippen molar-refractivity contribution >= 4 is 23.8 Å². The Morgan fingerprint density at radius 1 is 0.867 bits per heavy atom. The zero-order valence-corrected chi connectivity index (χ0v) is 25.5. The van der Waals surface area contributed by atoms with Gasteiger partial charge in [-0.05, 0) is 41.5 Å². The molecule has 0 saturated heterocycles. The van der Waals surface area contributed by atoms with Crippen LogP contribution >= 0.6 is 7.82 Å². The molecule has 2 N–H and O–H groups in total. The quantitative estimate of drug-likeness (QED) is 0.152. The molecule has 1 heterocycles. The van der Waals surface area contributed by atoms with Crippen molar-refractivity contribution in [3.05, 3.63) is 115 Å². The molecule has 2 atom stereocenters. The van der Waals surface area contributed by atoms with Gasteiger partial charge in [0.25, 0.3) is 5.91 Å². The Hall–Kier alpha value is -4.23. The van der Waals surface area contributed by atoms with Crippen LogP contribution in [-0.2, 0) is 30.5 Å². The van der Waals surface area contributed by atoms with Gasteiger partial charge >= 0.3 is 14.2 Å². The van der Waals surface area contributed by atoms with Crippen LogP contribution in [0.4, 0.5) is 13.2 Å². The molecule has 1 aromatic heterocycles. The van der Waals surface area contributed by atoms with E-state index in [1.165, 1.54) is 42.6 Å². The van der Waals surface area contributed by atoms with Crippen molar-refractivity contribution in [3.63, 3.8) is 0 Å². The maximum absolute atomic E-state index is 14.4. The number of phosphoric ester groups is 1. The first-order chi connectivity index (χ1) is 21.4. The largest absolute Gasteiger partial charge is 0.588 e. The number of carbonyl (C=O) groups is 1. The van der Waals surface area contributed by atoms with Crippen molar-refractivity contribution in [1.29, 1.82) is 0 Å². The molecule has 3 aromatic carbocycles. The summed E-state index contributed by atoms with van der Waals surface area (Å²) in [6, 6.07) is 23.5. The van der Waals surface area contributed by atoms with Crippen molar-refractivity contribution in [1.82, 2.24) is 15.0 Å². The summed E-state index contributed by atoms with van der Waals surface area (Å²) < 4.78 is 97.0. The van der Waals surface area contributed by atoms with Gasteiger partial charge in [0.15, 0.2) is 0 Å². The molecule has 0 bridgehead atoms. The molecule has 1 amide bonds. The molecular weight excluding hydrogens is 634 g/mol. The topological polar surface area (TPSA) is 133 Å². The van der Waals surface area contributed by atoms with E-state index in [0.29, 0.717) is 16.8 Å². The molecule has 0 spiro atoms. The number of carbonyl (C=O) groups excluding carboxylic acids is 1. The summed E-state index contributed by atoms with van der Waals surface area (Å²) in [5.74, 6) is -1.58. The molecule has 0 saturated carbocycles. The lowest BCUT2D eigenvalue weighted by Gasteiger charge is -2.29. The Balaban J connectivity index is 1.67. The second-order valence-electron chi connectivity index (χ2n) is 9.61. The SMILES string of the molecule is CS(=O)(=O)NCc1ccc(-c2ccc([C@@H](OP(=O)(Oc3ccccc3)Oc3ccccc3)[C@@H](CF)NC(=O)C(F)F)cc2)cn1. The predicted molar refractivity (Wildman–Crippen MR) is 161 cm³/mol. The first-order valence-electron chi connectivity index (χ1n) is 13.4. The number of sulfonamides is 1. The number of nitrogens with one attached hydrogen (secondary N) is 2. The number of benzene rings is 3. The van der Waals surface area contributed by atoms with Crippen molar-refractivity contribution < 1.29 is 44.5 Å². The van der Waals surface area contributed by atoms with Gasteiger partial charge in [-0.2, -0.15) is 8.78 Å². The van der Waals surface area contributed by atoms with Crippen LogP contribution in [0.15, 0.2) is 103 Å². The average Bonchev–Trinajstić information content (AvgIpc) is 3.02. The third-order valence-corrected chi connectivity index (χ3v) is 8.16. The molecule has 238 valence electrons. The fraction of sp³-hybridized carbons (Fsp3) is 0.200. The molecule has 0 aliphatic heterocycles. The molecule has 4 aromatic rings. The summed E-state index contributed by atoms with van der Waals surface area (Å²) in [4.78, 5) is 16.1. The fourth-order valence-corrected chi connectivity index (χ4v) is 5.84. The van der Waals surface area contributed by atoms with Crippen LogP contribution in [-0.4, -0.2) is 44.7 Å². The van der Waals surface area contributed by atoms with E-state index >= 15 is 0 Å². The number of alkyl halides is 3.